The van der Waals surface area contributed by atoms with Gasteiger partial charge in [0.2, 0.25) is 11.8 Å². The van der Waals surface area contributed by atoms with Crippen molar-refractivity contribution in [3.63, 3.8) is 0 Å². The van der Waals surface area contributed by atoms with E-state index in [9.17, 15) is 14.4 Å². The molecule has 1 atom stereocenters. The molecule has 1 saturated heterocycles. The molecule has 0 spiro atoms. The third kappa shape index (κ3) is 2.00. The van der Waals surface area contributed by atoms with Crippen molar-refractivity contribution in [2.75, 3.05) is 6.54 Å². The van der Waals surface area contributed by atoms with Crippen molar-refractivity contribution < 1.29 is 19.5 Å². The van der Waals surface area contributed by atoms with Gasteiger partial charge in [-0.05, 0) is 19.3 Å². The van der Waals surface area contributed by atoms with Gasteiger partial charge in [-0.1, -0.05) is 0 Å². The Morgan fingerprint density at radius 2 is 2.19 bits per heavy atom. The summed E-state index contributed by atoms with van der Waals surface area (Å²) < 4.78 is 0. The first-order valence-corrected chi connectivity index (χ1v) is 5.34. The maximum atomic E-state index is 11.6. The molecule has 2 fully saturated rings. The number of amides is 2. The van der Waals surface area contributed by atoms with Gasteiger partial charge in [0.25, 0.3) is 0 Å². The molecule has 0 aromatic rings. The van der Waals surface area contributed by atoms with E-state index in [4.69, 9.17) is 5.11 Å². The largest absolute Gasteiger partial charge is 0.481 e. The average Bonchev–Trinajstić information content (AvgIpc) is 2.92. The topological polar surface area (TPSA) is 95.5 Å². The van der Waals surface area contributed by atoms with E-state index in [1.807, 2.05) is 0 Å². The average molecular weight is 226 g/mol. The summed E-state index contributed by atoms with van der Waals surface area (Å²) in [5, 5.41) is 14.0. The zero-order chi connectivity index (χ0) is 11.8. The van der Waals surface area contributed by atoms with Crippen LogP contribution in [0, 0.1) is 5.41 Å². The Morgan fingerprint density at radius 1 is 1.50 bits per heavy atom. The second-order valence-electron chi connectivity index (χ2n) is 4.46. The van der Waals surface area contributed by atoms with E-state index in [0.717, 1.165) is 0 Å². The molecular formula is C10H14N2O4. The number of nitrogens with one attached hydrogen (secondary N) is 2. The second kappa shape index (κ2) is 3.77. The second-order valence-corrected chi connectivity index (χ2v) is 4.46. The molecule has 6 heteroatoms. The summed E-state index contributed by atoms with van der Waals surface area (Å²) >= 11 is 0. The zero-order valence-corrected chi connectivity index (χ0v) is 8.78. The highest BCUT2D eigenvalue weighted by molar-refractivity contribution is 5.91. The van der Waals surface area contributed by atoms with Crippen LogP contribution in [0.4, 0.5) is 0 Å². The highest BCUT2D eigenvalue weighted by Crippen LogP contribution is 2.45. The van der Waals surface area contributed by atoms with Crippen LogP contribution in [0.5, 0.6) is 0 Å². The lowest BCUT2D eigenvalue weighted by Crippen LogP contribution is -2.44. The number of aliphatic carboxylic acids is 1. The van der Waals surface area contributed by atoms with E-state index < -0.39 is 17.4 Å². The van der Waals surface area contributed by atoms with E-state index in [1.165, 1.54) is 0 Å². The normalized spacial score (nSPS) is 26.0. The molecule has 1 heterocycles. The summed E-state index contributed by atoms with van der Waals surface area (Å²) in [6, 6.07) is -0.489. The first-order valence-electron chi connectivity index (χ1n) is 5.34. The molecule has 0 bridgehead atoms. The fourth-order valence-corrected chi connectivity index (χ4v) is 1.81. The highest BCUT2D eigenvalue weighted by atomic mass is 16.4. The minimum absolute atomic E-state index is 0.125. The van der Waals surface area contributed by atoms with Gasteiger partial charge in [-0.15, -0.1) is 0 Å². The molecule has 1 aliphatic heterocycles. The summed E-state index contributed by atoms with van der Waals surface area (Å²) in [5.74, 6) is -1.26. The summed E-state index contributed by atoms with van der Waals surface area (Å²) in [6.07, 6.45) is 2.08. The van der Waals surface area contributed by atoms with E-state index in [0.29, 0.717) is 25.7 Å². The molecule has 6 nitrogen and oxygen atoms in total. The van der Waals surface area contributed by atoms with E-state index >= 15 is 0 Å². The van der Waals surface area contributed by atoms with Crippen LogP contribution in [0.3, 0.4) is 0 Å². The smallest absolute Gasteiger partial charge is 0.311 e. The van der Waals surface area contributed by atoms with Crippen LogP contribution in [0.15, 0.2) is 0 Å². The molecule has 0 aromatic heterocycles. The van der Waals surface area contributed by atoms with Crippen molar-refractivity contribution in [3.05, 3.63) is 0 Å². The minimum Gasteiger partial charge on any atom is -0.481 e. The van der Waals surface area contributed by atoms with Crippen LogP contribution in [-0.4, -0.2) is 35.5 Å². The first-order chi connectivity index (χ1) is 7.53. The van der Waals surface area contributed by atoms with Gasteiger partial charge < -0.3 is 15.7 Å². The Labute approximate surface area is 92.4 Å². The standard InChI is InChI=1S/C10H14N2O4/c13-7-2-1-6(12-7)8(14)11-5-10(3-4-10)9(15)16/h6H,1-5H2,(H,11,14)(H,12,13)(H,15,16)/t6-/m0/s1. The zero-order valence-electron chi connectivity index (χ0n) is 8.78. The van der Waals surface area contributed by atoms with Crippen LogP contribution in [0.2, 0.25) is 0 Å². The molecule has 3 N–H and O–H groups in total. The Morgan fingerprint density at radius 3 is 2.62 bits per heavy atom. The lowest BCUT2D eigenvalue weighted by atomic mass is 10.1. The van der Waals surface area contributed by atoms with Crippen molar-refractivity contribution in [3.8, 4) is 0 Å². The quantitative estimate of drug-likeness (QED) is 0.587. The molecule has 2 aliphatic rings. The fourth-order valence-electron chi connectivity index (χ4n) is 1.81. The van der Waals surface area contributed by atoms with Crippen LogP contribution in [0.1, 0.15) is 25.7 Å². The lowest BCUT2D eigenvalue weighted by molar-refractivity contribution is -0.143. The number of hydrogen-bond acceptors (Lipinski definition) is 3. The van der Waals surface area contributed by atoms with Crippen molar-refractivity contribution in [2.45, 2.75) is 31.7 Å². The van der Waals surface area contributed by atoms with E-state index in [2.05, 4.69) is 10.6 Å². The number of carbonyl (C=O) groups excluding carboxylic acids is 2. The molecule has 1 saturated carbocycles. The van der Waals surface area contributed by atoms with Crippen molar-refractivity contribution in [1.29, 1.82) is 0 Å². The maximum Gasteiger partial charge on any atom is 0.311 e. The van der Waals surface area contributed by atoms with Crippen molar-refractivity contribution >= 4 is 17.8 Å². The van der Waals surface area contributed by atoms with Crippen LogP contribution < -0.4 is 10.6 Å². The van der Waals surface area contributed by atoms with Gasteiger partial charge in [0.05, 0.1) is 5.41 Å². The summed E-state index contributed by atoms with van der Waals surface area (Å²) in [4.78, 5) is 33.3. The van der Waals surface area contributed by atoms with Gasteiger partial charge in [-0.25, -0.2) is 0 Å². The highest BCUT2D eigenvalue weighted by Gasteiger charge is 2.50. The van der Waals surface area contributed by atoms with Crippen molar-refractivity contribution in [2.24, 2.45) is 5.41 Å². The predicted molar refractivity (Wildman–Crippen MR) is 53.5 cm³/mol. The van der Waals surface area contributed by atoms with Gasteiger partial charge in [0.1, 0.15) is 6.04 Å². The van der Waals surface area contributed by atoms with Gasteiger partial charge in [0, 0.05) is 13.0 Å². The van der Waals surface area contributed by atoms with Crippen molar-refractivity contribution in [1.82, 2.24) is 10.6 Å². The van der Waals surface area contributed by atoms with Crippen LogP contribution in [0.25, 0.3) is 0 Å². The Bertz CT molecular complexity index is 349. The van der Waals surface area contributed by atoms with E-state index in [1.54, 1.807) is 0 Å². The van der Waals surface area contributed by atoms with Gasteiger partial charge in [-0.3, -0.25) is 14.4 Å². The number of rotatable bonds is 4. The summed E-state index contributed by atoms with van der Waals surface area (Å²) in [6.45, 7) is 0.160. The Balaban J connectivity index is 1.80. The molecule has 1 aliphatic carbocycles. The molecule has 16 heavy (non-hydrogen) atoms. The Hall–Kier alpha value is -1.59. The molecule has 2 rings (SSSR count). The molecular weight excluding hydrogens is 212 g/mol. The third-order valence-electron chi connectivity index (χ3n) is 3.22. The third-order valence-corrected chi connectivity index (χ3v) is 3.22. The predicted octanol–water partition coefficient (Wildman–Crippen LogP) is -0.754. The fraction of sp³-hybridized carbons (Fsp3) is 0.700. The van der Waals surface area contributed by atoms with E-state index in [-0.39, 0.29) is 18.4 Å². The van der Waals surface area contributed by atoms with Crippen LogP contribution >= 0.6 is 0 Å². The van der Waals surface area contributed by atoms with Gasteiger partial charge in [-0.2, -0.15) is 0 Å². The molecule has 0 radical (unpaired) electrons. The van der Waals surface area contributed by atoms with Gasteiger partial charge in [0.15, 0.2) is 0 Å². The number of hydrogen-bond donors (Lipinski definition) is 3. The Kier molecular flexibility index (Phi) is 2.57. The number of carboxylic acids is 1. The number of carbonyl (C=O) groups is 3. The molecule has 0 aromatic carbocycles. The molecule has 2 amide bonds. The van der Waals surface area contributed by atoms with Crippen LogP contribution in [-0.2, 0) is 14.4 Å². The SMILES string of the molecule is O=C1CC[C@@H](C(=O)NCC2(C(=O)O)CC2)N1. The van der Waals surface area contributed by atoms with Gasteiger partial charge >= 0.3 is 5.97 Å². The molecule has 88 valence electrons. The summed E-state index contributed by atoms with van der Waals surface area (Å²) in [7, 11) is 0. The summed E-state index contributed by atoms with van der Waals surface area (Å²) in [5.41, 5.74) is -0.752. The first kappa shape index (κ1) is 10.9. The lowest BCUT2D eigenvalue weighted by Gasteiger charge is -2.14. The monoisotopic (exact) mass is 226 g/mol. The maximum absolute atomic E-state index is 11.6. The molecule has 0 unspecified atom stereocenters. The number of carboxylic acid groups (broad SMARTS) is 1. The minimum atomic E-state index is -0.858.